The summed E-state index contributed by atoms with van der Waals surface area (Å²) in [6.07, 6.45) is 14.0. The average Bonchev–Trinajstić information content (AvgIpc) is 2.73. The van der Waals surface area contributed by atoms with E-state index in [9.17, 15) is 4.79 Å². The zero-order chi connectivity index (χ0) is 23.5. The van der Waals surface area contributed by atoms with Crippen molar-refractivity contribution in [1.29, 1.82) is 0 Å². The number of carbonyl (C=O) groups is 1. The van der Waals surface area contributed by atoms with Crippen molar-refractivity contribution in [3.8, 4) is 0 Å². The molecule has 0 heterocycles. The zero-order valence-electron chi connectivity index (χ0n) is 22.7. The first-order valence-electron chi connectivity index (χ1n) is 13.9. The normalized spacial score (nSPS) is 56.9. The Kier molecular flexibility index (Phi) is 4.74. The lowest BCUT2D eigenvalue weighted by Gasteiger charge is -2.76. The molecule has 4 fully saturated rings. The van der Waals surface area contributed by atoms with Crippen molar-refractivity contribution >= 4 is 5.78 Å². The van der Waals surface area contributed by atoms with E-state index in [1.807, 2.05) is 5.57 Å². The maximum Gasteiger partial charge on any atom is 0.138 e. The van der Waals surface area contributed by atoms with E-state index < -0.39 is 0 Å². The molecule has 0 aromatic heterocycles. The minimum atomic E-state index is -0.166. The first-order valence-corrected chi connectivity index (χ1v) is 13.9. The fourth-order valence-corrected chi connectivity index (χ4v) is 11.3. The lowest BCUT2D eigenvalue weighted by atomic mass is 9.28. The second kappa shape index (κ2) is 6.54. The Morgan fingerprint density at radius 1 is 0.844 bits per heavy atom. The van der Waals surface area contributed by atoms with Crippen LogP contribution < -0.4 is 0 Å². The lowest BCUT2D eigenvalue weighted by molar-refractivity contribution is -0.241. The highest BCUT2D eigenvalue weighted by atomic mass is 16.1. The highest BCUT2D eigenvalue weighted by molar-refractivity contribution is 5.85. The Labute approximate surface area is 198 Å². The quantitative estimate of drug-likeness (QED) is 0.346. The average molecular weight is 439 g/mol. The molecule has 1 heteroatoms. The largest absolute Gasteiger partial charge is 0.299 e. The number of hydrogen-bond acceptors (Lipinski definition) is 1. The molecular weight excluding hydrogens is 388 g/mol. The molecule has 5 rings (SSSR count). The molecular formula is C31H50O. The van der Waals surface area contributed by atoms with Gasteiger partial charge in [-0.2, -0.15) is 0 Å². The van der Waals surface area contributed by atoms with Gasteiger partial charge in [-0.3, -0.25) is 4.79 Å². The summed E-state index contributed by atoms with van der Waals surface area (Å²) in [6, 6.07) is 0. The molecule has 0 aromatic rings. The monoisotopic (exact) mass is 438 g/mol. The van der Waals surface area contributed by atoms with E-state index in [1.165, 1.54) is 38.5 Å². The summed E-state index contributed by atoms with van der Waals surface area (Å²) < 4.78 is 0. The van der Waals surface area contributed by atoms with Crippen molar-refractivity contribution in [3.63, 3.8) is 0 Å². The molecule has 0 bridgehead atoms. The number of carbonyl (C=O) groups excluding carboxylic acids is 1. The number of allylic oxidation sites excluding steroid dienone is 2. The van der Waals surface area contributed by atoms with Gasteiger partial charge in [0.15, 0.2) is 0 Å². The number of hydrogen-bond donors (Lipinski definition) is 0. The Bertz CT molecular complexity index is 866. The molecule has 32 heavy (non-hydrogen) atoms. The minimum Gasteiger partial charge on any atom is -0.299 e. The fraction of sp³-hybridized carbons (Fsp3) is 0.903. The van der Waals surface area contributed by atoms with Crippen LogP contribution in [0.1, 0.15) is 120 Å². The van der Waals surface area contributed by atoms with Crippen LogP contribution in [0.4, 0.5) is 0 Å². The third kappa shape index (κ3) is 2.35. The second-order valence-corrected chi connectivity index (χ2v) is 14.9. The van der Waals surface area contributed by atoms with Crippen LogP contribution in [0.2, 0.25) is 0 Å². The lowest BCUT2D eigenvalue weighted by Crippen LogP contribution is -2.68. The van der Waals surface area contributed by atoms with E-state index in [-0.39, 0.29) is 5.41 Å². The minimum absolute atomic E-state index is 0.166. The van der Waals surface area contributed by atoms with Crippen LogP contribution in [0.15, 0.2) is 11.6 Å². The van der Waals surface area contributed by atoms with Crippen molar-refractivity contribution in [3.05, 3.63) is 11.6 Å². The first-order chi connectivity index (χ1) is 14.7. The summed E-state index contributed by atoms with van der Waals surface area (Å²) in [5.41, 5.74) is 3.46. The van der Waals surface area contributed by atoms with Crippen LogP contribution in [0.25, 0.3) is 0 Å². The van der Waals surface area contributed by atoms with Gasteiger partial charge in [0.25, 0.3) is 0 Å². The molecule has 180 valence electrons. The Hall–Kier alpha value is -0.590. The van der Waals surface area contributed by atoms with E-state index in [2.05, 4.69) is 68.4 Å². The van der Waals surface area contributed by atoms with Gasteiger partial charge in [-0.15, -0.1) is 0 Å². The molecule has 0 aliphatic heterocycles. The maximum absolute atomic E-state index is 12.9. The maximum atomic E-state index is 12.9. The molecule has 5 aliphatic rings. The van der Waals surface area contributed by atoms with E-state index in [1.54, 1.807) is 0 Å². The van der Waals surface area contributed by atoms with Crippen molar-refractivity contribution in [2.24, 2.45) is 56.2 Å². The summed E-state index contributed by atoms with van der Waals surface area (Å²) >= 11 is 0. The Balaban J connectivity index is 1.63. The number of ketones is 1. The third-order valence-electron chi connectivity index (χ3n) is 14.3. The van der Waals surface area contributed by atoms with Gasteiger partial charge in [0.05, 0.1) is 0 Å². The van der Waals surface area contributed by atoms with E-state index in [0.717, 1.165) is 31.1 Å². The van der Waals surface area contributed by atoms with E-state index >= 15 is 0 Å². The molecule has 9 atom stereocenters. The van der Waals surface area contributed by atoms with Crippen LogP contribution in [-0.2, 0) is 4.79 Å². The van der Waals surface area contributed by atoms with Crippen LogP contribution in [-0.4, -0.2) is 5.78 Å². The van der Waals surface area contributed by atoms with Crippen molar-refractivity contribution in [2.45, 2.75) is 120 Å². The highest BCUT2D eigenvalue weighted by Crippen LogP contribution is 2.79. The summed E-state index contributed by atoms with van der Waals surface area (Å²) in [7, 11) is 0. The van der Waals surface area contributed by atoms with Crippen molar-refractivity contribution < 1.29 is 4.79 Å². The van der Waals surface area contributed by atoms with Gasteiger partial charge in [-0.25, -0.2) is 0 Å². The van der Waals surface area contributed by atoms with Crippen LogP contribution in [0.5, 0.6) is 0 Å². The number of fused-ring (bicyclic) bond motifs is 7. The van der Waals surface area contributed by atoms with Gasteiger partial charge >= 0.3 is 0 Å². The standard InChI is InChI=1S/C31H50O/c1-20-12-15-27(5)18-19-29(7)23-10-11-24-26(3,4)25(32)14-16-28(24,6)22(23)13-17-30(29,8)31(27,9)21(20)2/h10,20-22,24H,11-19H2,1-9H3/t20-,21+,22+,24+,27-,28-,29-,30-,31-/m1/s1. The number of Topliss-reactive ketones (excluding diaryl/α,β-unsaturated/α-hetero) is 1. The molecule has 4 saturated carbocycles. The second-order valence-electron chi connectivity index (χ2n) is 14.9. The molecule has 0 radical (unpaired) electrons. The van der Waals surface area contributed by atoms with Crippen LogP contribution in [0, 0.1) is 56.2 Å². The van der Waals surface area contributed by atoms with Gasteiger partial charge < -0.3 is 0 Å². The molecule has 0 aromatic carbocycles. The topological polar surface area (TPSA) is 17.1 Å². The Morgan fingerprint density at radius 2 is 1.53 bits per heavy atom. The summed E-state index contributed by atoms with van der Waals surface area (Å²) in [4.78, 5) is 12.9. The van der Waals surface area contributed by atoms with Gasteiger partial charge in [0, 0.05) is 11.8 Å². The van der Waals surface area contributed by atoms with Crippen LogP contribution >= 0.6 is 0 Å². The zero-order valence-corrected chi connectivity index (χ0v) is 22.7. The van der Waals surface area contributed by atoms with Gasteiger partial charge in [-0.05, 0) is 102 Å². The molecule has 0 amide bonds. The van der Waals surface area contributed by atoms with Gasteiger partial charge in [-0.1, -0.05) is 74.0 Å². The SMILES string of the molecule is C[C@@H]1CC[C@]2(C)CC[C@]3(C)C4=CC[C@H]5C(C)(C)C(=O)CC[C@]5(C)[C@H]4CC[C@@]3(C)[C@]2(C)[C@H]1C. The smallest absolute Gasteiger partial charge is 0.138 e. The number of rotatable bonds is 0. The van der Waals surface area contributed by atoms with E-state index in [0.29, 0.717) is 44.7 Å². The van der Waals surface area contributed by atoms with Crippen molar-refractivity contribution in [2.75, 3.05) is 0 Å². The highest BCUT2D eigenvalue weighted by Gasteiger charge is 2.72. The fourth-order valence-electron chi connectivity index (χ4n) is 11.3. The van der Waals surface area contributed by atoms with Crippen LogP contribution in [0.3, 0.4) is 0 Å². The molecule has 0 spiro atoms. The third-order valence-corrected chi connectivity index (χ3v) is 14.3. The molecule has 0 saturated heterocycles. The summed E-state index contributed by atoms with van der Waals surface area (Å²) in [5.74, 6) is 3.31. The molecule has 0 N–H and O–H groups in total. The summed E-state index contributed by atoms with van der Waals surface area (Å²) in [5, 5.41) is 0. The first kappa shape index (κ1) is 23.2. The predicted molar refractivity (Wildman–Crippen MR) is 134 cm³/mol. The van der Waals surface area contributed by atoms with Gasteiger partial charge in [0.2, 0.25) is 0 Å². The van der Waals surface area contributed by atoms with Crippen molar-refractivity contribution in [1.82, 2.24) is 0 Å². The Morgan fingerprint density at radius 3 is 2.22 bits per heavy atom. The van der Waals surface area contributed by atoms with E-state index in [4.69, 9.17) is 0 Å². The molecule has 1 nitrogen and oxygen atoms in total. The predicted octanol–water partition coefficient (Wildman–Crippen LogP) is 8.62. The molecule has 5 aliphatic carbocycles. The molecule has 0 unspecified atom stereocenters. The van der Waals surface area contributed by atoms with Gasteiger partial charge in [0.1, 0.15) is 5.78 Å². The summed E-state index contributed by atoms with van der Waals surface area (Å²) in [6.45, 7) is 23.0.